The van der Waals surface area contributed by atoms with Crippen LogP contribution < -0.4 is 0 Å². The Morgan fingerprint density at radius 3 is 2.25 bits per heavy atom. The molecule has 0 saturated carbocycles. The number of hydrogen-bond acceptors (Lipinski definition) is 1. The summed E-state index contributed by atoms with van der Waals surface area (Å²) in [5, 5.41) is 8.94. The second-order valence-electron chi connectivity index (χ2n) is 1.80. The fourth-order valence-corrected chi connectivity index (χ4v) is 0.250. The van der Waals surface area contributed by atoms with Gasteiger partial charge in [-0.15, -0.1) is 18.8 Å². The van der Waals surface area contributed by atoms with Gasteiger partial charge in [0.15, 0.2) is 0 Å². The molecule has 0 saturated heterocycles. The van der Waals surface area contributed by atoms with Gasteiger partial charge in [-0.25, -0.2) is 0 Å². The van der Waals surface area contributed by atoms with E-state index in [-0.39, 0.29) is 6.42 Å². The van der Waals surface area contributed by atoms with Gasteiger partial charge in [-0.1, -0.05) is 5.92 Å². The van der Waals surface area contributed by atoms with E-state index in [0.29, 0.717) is 0 Å². The largest absolute Gasteiger partial charge is 0.377 e. The molecule has 0 aromatic carbocycles. The van der Waals surface area contributed by atoms with E-state index in [9.17, 15) is 0 Å². The molecule has 0 heterocycles. The second kappa shape index (κ2) is 2.40. The van der Waals surface area contributed by atoms with E-state index in [1.54, 1.807) is 0 Å². The maximum absolute atomic E-state index is 8.94. The molecule has 1 heteroatoms. The summed E-state index contributed by atoms with van der Waals surface area (Å²) in [6, 6.07) is 0. The lowest BCUT2D eigenvalue weighted by Crippen LogP contribution is -2.19. The van der Waals surface area contributed by atoms with Crippen LogP contribution in [-0.4, -0.2) is 10.7 Å². The Bertz CT molecular complexity index is 143. The van der Waals surface area contributed by atoms with Gasteiger partial charge < -0.3 is 5.11 Å². The van der Waals surface area contributed by atoms with Crippen LogP contribution >= 0.6 is 0 Å². The van der Waals surface area contributed by atoms with Gasteiger partial charge in [0.05, 0.1) is 0 Å². The smallest absolute Gasteiger partial charge is 0.133 e. The van der Waals surface area contributed by atoms with E-state index in [1.165, 1.54) is 6.92 Å². The third kappa shape index (κ3) is 2.29. The summed E-state index contributed by atoms with van der Waals surface area (Å²) in [6.45, 7) is 1.51. The first-order chi connectivity index (χ1) is 3.62. The van der Waals surface area contributed by atoms with Gasteiger partial charge in [0.2, 0.25) is 0 Å². The fraction of sp³-hybridized carbons (Fsp3) is 0.429. The highest BCUT2D eigenvalue weighted by molar-refractivity contribution is 5.10. The molecule has 0 radical (unpaired) electrons. The van der Waals surface area contributed by atoms with E-state index in [4.69, 9.17) is 18.0 Å². The third-order valence-corrected chi connectivity index (χ3v) is 0.757. The molecule has 0 spiro atoms. The molecule has 0 aliphatic heterocycles. The van der Waals surface area contributed by atoms with E-state index in [1.807, 2.05) is 0 Å². The van der Waals surface area contributed by atoms with Crippen molar-refractivity contribution >= 4 is 0 Å². The van der Waals surface area contributed by atoms with Crippen LogP contribution in [0.3, 0.4) is 0 Å². The molecule has 0 aromatic heterocycles. The van der Waals surface area contributed by atoms with Crippen molar-refractivity contribution in [3.63, 3.8) is 0 Å². The van der Waals surface area contributed by atoms with Crippen molar-refractivity contribution in [2.24, 2.45) is 0 Å². The SMILES string of the molecule is C#CCC(C)(O)C#C. The lowest BCUT2D eigenvalue weighted by Gasteiger charge is -2.09. The van der Waals surface area contributed by atoms with Crippen LogP contribution in [0.1, 0.15) is 13.3 Å². The van der Waals surface area contributed by atoms with Gasteiger partial charge >= 0.3 is 0 Å². The van der Waals surface area contributed by atoms with Crippen LogP contribution in [0.15, 0.2) is 0 Å². The first kappa shape index (κ1) is 7.08. The number of terminal acetylenes is 2. The van der Waals surface area contributed by atoms with Crippen molar-refractivity contribution in [1.82, 2.24) is 0 Å². The summed E-state index contributed by atoms with van der Waals surface area (Å²) in [7, 11) is 0. The van der Waals surface area contributed by atoms with Crippen LogP contribution in [0.25, 0.3) is 0 Å². The lowest BCUT2D eigenvalue weighted by molar-refractivity contribution is 0.128. The molecule has 0 bridgehead atoms. The highest BCUT2D eigenvalue weighted by Gasteiger charge is 2.12. The van der Waals surface area contributed by atoms with Gasteiger partial charge in [-0.2, -0.15) is 0 Å². The van der Waals surface area contributed by atoms with Crippen molar-refractivity contribution in [2.45, 2.75) is 18.9 Å². The number of aliphatic hydroxyl groups is 1. The Kier molecular flexibility index (Phi) is 2.13. The monoisotopic (exact) mass is 108 g/mol. The average Bonchev–Trinajstić information content (AvgIpc) is 1.67. The van der Waals surface area contributed by atoms with Crippen LogP contribution in [0.2, 0.25) is 0 Å². The van der Waals surface area contributed by atoms with Gasteiger partial charge in [-0.05, 0) is 6.92 Å². The van der Waals surface area contributed by atoms with Crippen molar-refractivity contribution in [3.05, 3.63) is 0 Å². The molecule has 0 rings (SSSR count). The minimum Gasteiger partial charge on any atom is -0.377 e. The van der Waals surface area contributed by atoms with Crippen LogP contribution in [-0.2, 0) is 0 Å². The zero-order valence-corrected chi connectivity index (χ0v) is 4.81. The highest BCUT2D eigenvalue weighted by Crippen LogP contribution is 2.03. The van der Waals surface area contributed by atoms with Crippen molar-refractivity contribution < 1.29 is 5.11 Å². The Morgan fingerprint density at radius 1 is 1.62 bits per heavy atom. The molecular weight excluding hydrogens is 100 g/mol. The van der Waals surface area contributed by atoms with Gasteiger partial charge in [0.25, 0.3) is 0 Å². The van der Waals surface area contributed by atoms with Crippen LogP contribution in [0.4, 0.5) is 0 Å². The molecule has 0 aliphatic carbocycles. The molecule has 42 valence electrons. The molecular formula is C7H8O. The summed E-state index contributed by atoms with van der Waals surface area (Å²) in [4.78, 5) is 0. The van der Waals surface area contributed by atoms with Crippen LogP contribution in [0.5, 0.6) is 0 Å². The summed E-state index contributed by atoms with van der Waals surface area (Å²) in [5.74, 6) is 4.42. The van der Waals surface area contributed by atoms with E-state index >= 15 is 0 Å². The number of hydrogen-bond donors (Lipinski definition) is 1. The van der Waals surface area contributed by atoms with E-state index in [0.717, 1.165) is 0 Å². The quantitative estimate of drug-likeness (QED) is 0.482. The Labute approximate surface area is 49.7 Å². The summed E-state index contributed by atoms with van der Waals surface area (Å²) < 4.78 is 0. The van der Waals surface area contributed by atoms with Gasteiger partial charge in [0.1, 0.15) is 5.60 Å². The highest BCUT2D eigenvalue weighted by atomic mass is 16.3. The molecule has 1 unspecified atom stereocenters. The second-order valence-corrected chi connectivity index (χ2v) is 1.80. The Hall–Kier alpha value is -0.920. The van der Waals surface area contributed by atoms with Gasteiger partial charge in [0, 0.05) is 6.42 Å². The molecule has 1 atom stereocenters. The zero-order valence-electron chi connectivity index (χ0n) is 4.81. The first-order valence-electron chi connectivity index (χ1n) is 2.26. The minimum atomic E-state index is -1.12. The number of rotatable bonds is 1. The van der Waals surface area contributed by atoms with E-state index in [2.05, 4.69) is 11.8 Å². The molecule has 0 aromatic rings. The predicted molar refractivity (Wildman–Crippen MR) is 32.9 cm³/mol. The standard InChI is InChI=1S/C7H8O/c1-4-6-7(3,8)5-2/h1-2,8H,6H2,3H3. The molecule has 0 amide bonds. The summed E-state index contributed by atoms with van der Waals surface area (Å²) in [5.41, 5.74) is -1.12. The first-order valence-corrected chi connectivity index (χ1v) is 2.26. The Morgan fingerprint density at radius 2 is 2.12 bits per heavy atom. The maximum Gasteiger partial charge on any atom is 0.133 e. The van der Waals surface area contributed by atoms with Crippen molar-refractivity contribution in [2.75, 3.05) is 0 Å². The minimum absolute atomic E-state index is 0.212. The maximum atomic E-state index is 8.94. The molecule has 8 heavy (non-hydrogen) atoms. The molecule has 1 nitrogen and oxygen atoms in total. The van der Waals surface area contributed by atoms with Crippen molar-refractivity contribution in [1.29, 1.82) is 0 Å². The topological polar surface area (TPSA) is 20.2 Å². The lowest BCUT2D eigenvalue weighted by atomic mass is 10.1. The van der Waals surface area contributed by atoms with Crippen molar-refractivity contribution in [3.8, 4) is 24.7 Å². The summed E-state index contributed by atoms with van der Waals surface area (Å²) in [6.07, 6.45) is 9.99. The normalized spacial score (nSPS) is 15.5. The molecule has 0 fully saturated rings. The third-order valence-electron chi connectivity index (χ3n) is 0.757. The van der Waals surface area contributed by atoms with Crippen LogP contribution in [0, 0.1) is 24.7 Å². The average molecular weight is 108 g/mol. The van der Waals surface area contributed by atoms with Gasteiger partial charge in [-0.3, -0.25) is 0 Å². The zero-order chi connectivity index (χ0) is 6.62. The fourth-order valence-electron chi connectivity index (χ4n) is 0.250. The molecule has 1 N–H and O–H groups in total. The summed E-state index contributed by atoms with van der Waals surface area (Å²) >= 11 is 0. The van der Waals surface area contributed by atoms with E-state index < -0.39 is 5.60 Å². The Balaban J connectivity index is 3.82. The predicted octanol–water partition coefficient (Wildman–Crippen LogP) is 0.394. The molecule has 0 aliphatic rings.